The van der Waals surface area contributed by atoms with Gasteiger partial charge in [-0.2, -0.15) is 0 Å². The summed E-state index contributed by atoms with van der Waals surface area (Å²) in [6.07, 6.45) is 0.385. The predicted octanol–water partition coefficient (Wildman–Crippen LogP) is 3.81. The molecule has 3 N–H and O–H groups in total. The molecule has 0 bridgehead atoms. The molecule has 0 unspecified atom stereocenters. The maximum atomic E-state index is 12.5. The van der Waals surface area contributed by atoms with Crippen molar-refractivity contribution in [1.29, 1.82) is 0 Å². The van der Waals surface area contributed by atoms with Gasteiger partial charge >= 0.3 is 6.09 Å². The number of benzene rings is 2. The lowest BCUT2D eigenvalue weighted by molar-refractivity contribution is 0.0224. The van der Waals surface area contributed by atoms with Crippen molar-refractivity contribution in [1.82, 2.24) is 4.90 Å². The SMILES string of the molecule is CC(C)(C)OC(=O)N1CCc2cc(C(=O)Nc3ccc(N)cc3)ccc2C1. The van der Waals surface area contributed by atoms with E-state index in [1.807, 2.05) is 32.9 Å². The highest BCUT2D eigenvalue weighted by molar-refractivity contribution is 6.04. The van der Waals surface area contributed by atoms with Gasteiger partial charge in [-0.1, -0.05) is 6.07 Å². The number of anilines is 2. The minimum atomic E-state index is -0.512. The van der Waals surface area contributed by atoms with Crippen molar-refractivity contribution in [2.24, 2.45) is 0 Å². The van der Waals surface area contributed by atoms with Crippen LogP contribution in [0.5, 0.6) is 0 Å². The molecule has 0 saturated heterocycles. The number of nitrogen functional groups attached to an aromatic ring is 1. The fourth-order valence-corrected chi connectivity index (χ4v) is 2.95. The van der Waals surface area contributed by atoms with Crippen LogP contribution in [0, 0.1) is 0 Å². The summed E-state index contributed by atoms with van der Waals surface area (Å²) in [7, 11) is 0. The molecule has 142 valence electrons. The summed E-state index contributed by atoms with van der Waals surface area (Å²) in [6.45, 7) is 6.63. The highest BCUT2D eigenvalue weighted by Crippen LogP contribution is 2.23. The summed E-state index contributed by atoms with van der Waals surface area (Å²) >= 11 is 0. The molecule has 0 saturated carbocycles. The minimum Gasteiger partial charge on any atom is -0.444 e. The number of amides is 2. The first-order chi connectivity index (χ1) is 12.7. The first kappa shape index (κ1) is 18.8. The molecule has 0 spiro atoms. The van der Waals surface area contributed by atoms with Crippen LogP contribution in [0.1, 0.15) is 42.3 Å². The number of ether oxygens (including phenoxy) is 1. The van der Waals surface area contributed by atoms with E-state index in [9.17, 15) is 9.59 Å². The van der Waals surface area contributed by atoms with E-state index in [1.165, 1.54) is 0 Å². The minimum absolute atomic E-state index is 0.169. The largest absolute Gasteiger partial charge is 0.444 e. The van der Waals surface area contributed by atoms with Gasteiger partial charge in [0, 0.05) is 30.0 Å². The molecule has 1 heterocycles. The summed E-state index contributed by atoms with van der Waals surface area (Å²) < 4.78 is 5.44. The molecule has 1 aliphatic heterocycles. The van der Waals surface area contributed by atoms with Crippen LogP contribution in [-0.4, -0.2) is 29.0 Å². The number of nitrogens with one attached hydrogen (secondary N) is 1. The van der Waals surface area contributed by atoms with Crippen LogP contribution in [0.25, 0.3) is 0 Å². The lowest BCUT2D eigenvalue weighted by Crippen LogP contribution is -2.39. The van der Waals surface area contributed by atoms with Gasteiger partial charge < -0.3 is 20.7 Å². The molecule has 6 heteroatoms. The maximum Gasteiger partial charge on any atom is 0.410 e. The first-order valence-corrected chi connectivity index (χ1v) is 8.98. The second-order valence-corrected chi connectivity index (χ2v) is 7.71. The number of nitrogens with zero attached hydrogens (tertiary/aromatic N) is 1. The van der Waals surface area contributed by atoms with Crippen LogP contribution in [0.3, 0.4) is 0 Å². The maximum absolute atomic E-state index is 12.5. The normalized spacial score (nSPS) is 13.7. The van der Waals surface area contributed by atoms with Crippen LogP contribution in [0.2, 0.25) is 0 Å². The molecule has 0 atom stereocenters. The van der Waals surface area contributed by atoms with Gasteiger partial charge in [0.2, 0.25) is 0 Å². The molecule has 2 aromatic rings. The average molecular weight is 367 g/mol. The van der Waals surface area contributed by atoms with E-state index in [1.54, 1.807) is 35.2 Å². The Kier molecular flexibility index (Phi) is 5.08. The monoisotopic (exact) mass is 367 g/mol. The van der Waals surface area contributed by atoms with Crippen LogP contribution < -0.4 is 11.1 Å². The molecule has 1 aliphatic rings. The van der Waals surface area contributed by atoms with Gasteiger partial charge in [-0.05, 0) is 74.7 Å². The smallest absolute Gasteiger partial charge is 0.410 e. The molecule has 0 aromatic heterocycles. The Balaban J connectivity index is 1.68. The molecule has 2 amide bonds. The first-order valence-electron chi connectivity index (χ1n) is 8.98. The lowest BCUT2D eigenvalue weighted by atomic mass is 9.97. The van der Waals surface area contributed by atoms with Gasteiger partial charge in [-0.3, -0.25) is 4.79 Å². The van der Waals surface area contributed by atoms with Crippen molar-refractivity contribution >= 4 is 23.4 Å². The molecule has 0 fully saturated rings. The zero-order valence-corrected chi connectivity index (χ0v) is 15.9. The van der Waals surface area contributed by atoms with Crippen molar-refractivity contribution in [3.05, 3.63) is 59.2 Å². The van der Waals surface area contributed by atoms with E-state index < -0.39 is 5.60 Å². The Morgan fingerprint density at radius 3 is 2.44 bits per heavy atom. The zero-order chi connectivity index (χ0) is 19.6. The number of hydrogen-bond acceptors (Lipinski definition) is 4. The molecule has 0 aliphatic carbocycles. The van der Waals surface area contributed by atoms with Gasteiger partial charge in [0.25, 0.3) is 5.91 Å². The van der Waals surface area contributed by atoms with Gasteiger partial charge in [-0.25, -0.2) is 4.79 Å². The van der Waals surface area contributed by atoms with Crippen LogP contribution in [0.15, 0.2) is 42.5 Å². The van der Waals surface area contributed by atoms with E-state index in [2.05, 4.69) is 5.32 Å². The zero-order valence-electron chi connectivity index (χ0n) is 15.9. The Hall–Kier alpha value is -3.02. The van der Waals surface area contributed by atoms with Gasteiger partial charge in [0.05, 0.1) is 0 Å². The number of rotatable bonds is 2. The van der Waals surface area contributed by atoms with Gasteiger partial charge in [-0.15, -0.1) is 0 Å². The van der Waals surface area contributed by atoms with Crippen molar-refractivity contribution in [3.63, 3.8) is 0 Å². The van der Waals surface area contributed by atoms with Crippen LogP contribution >= 0.6 is 0 Å². The van der Waals surface area contributed by atoms with E-state index >= 15 is 0 Å². The third-order valence-electron chi connectivity index (χ3n) is 4.30. The summed E-state index contributed by atoms with van der Waals surface area (Å²) in [4.78, 5) is 26.4. The lowest BCUT2D eigenvalue weighted by Gasteiger charge is -2.31. The number of fused-ring (bicyclic) bond motifs is 1. The Morgan fingerprint density at radius 1 is 1.07 bits per heavy atom. The molecular formula is C21H25N3O3. The molecular weight excluding hydrogens is 342 g/mol. The second kappa shape index (κ2) is 7.31. The highest BCUT2D eigenvalue weighted by atomic mass is 16.6. The second-order valence-electron chi connectivity index (χ2n) is 7.71. The standard InChI is InChI=1S/C21H25N3O3/c1-21(2,3)27-20(26)24-11-10-14-12-15(4-5-16(14)13-24)19(25)23-18-8-6-17(22)7-9-18/h4-9,12H,10-11,13,22H2,1-3H3,(H,23,25). The number of carbonyl (C=O) groups is 2. The predicted molar refractivity (Wildman–Crippen MR) is 106 cm³/mol. The number of carbonyl (C=O) groups excluding carboxylic acids is 2. The van der Waals surface area contributed by atoms with E-state index in [0.717, 1.165) is 11.1 Å². The summed E-state index contributed by atoms with van der Waals surface area (Å²) in [5.41, 5.74) is 9.21. The summed E-state index contributed by atoms with van der Waals surface area (Å²) in [5.74, 6) is -0.169. The number of hydrogen-bond donors (Lipinski definition) is 2. The Morgan fingerprint density at radius 2 is 1.78 bits per heavy atom. The van der Waals surface area contributed by atoms with Gasteiger partial charge in [0.15, 0.2) is 0 Å². The molecule has 27 heavy (non-hydrogen) atoms. The topological polar surface area (TPSA) is 84.7 Å². The van der Waals surface area contributed by atoms with Crippen molar-refractivity contribution < 1.29 is 14.3 Å². The molecule has 2 aromatic carbocycles. The summed E-state index contributed by atoms with van der Waals surface area (Å²) in [6, 6.07) is 12.6. The third-order valence-corrected chi connectivity index (χ3v) is 4.30. The van der Waals surface area contributed by atoms with Crippen molar-refractivity contribution in [2.75, 3.05) is 17.6 Å². The van der Waals surface area contributed by atoms with E-state index in [0.29, 0.717) is 36.4 Å². The average Bonchev–Trinajstić information content (AvgIpc) is 2.61. The molecule has 3 rings (SSSR count). The van der Waals surface area contributed by atoms with E-state index in [-0.39, 0.29) is 12.0 Å². The molecule has 0 radical (unpaired) electrons. The Labute approximate surface area is 159 Å². The van der Waals surface area contributed by atoms with Gasteiger partial charge in [0.1, 0.15) is 5.60 Å². The quantitative estimate of drug-likeness (QED) is 0.791. The highest BCUT2D eigenvalue weighted by Gasteiger charge is 2.26. The third kappa shape index (κ3) is 4.78. The van der Waals surface area contributed by atoms with E-state index in [4.69, 9.17) is 10.5 Å². The van der Waals surface area contributed by atoms with Crippen molar-refractivity contribution in [2.45, 2.75) is 39.3 Å². The summed E-state index contributed by atoms with van der Waals surface area (Å²) in [5, 5.41) is 2.87. The van der Waals surface area contributed by atoms with Crippen molar-refractivity contribution in [3.8, 4) is 0 Å². The fourth-order valence-electron chi connectivity index (χ4n) is 2.95. The van der Waals surface area contributed by atoms with Crippen LogP contribution in [-0.2, 0) is 17.7 Å². The molecule has 6 nitrogen and oxygen atoms in total. The Bertz CT molecular complexity index is 854. The number of nitrogens with two attached hydrogens (primary N) is 1. The fraction of sp³-hybridized carbons (Fsp3) is 0.333. The van der Waals surface area contributed by atoms with Crippen LogP contribution in [0.4, 0.5) is 16.2 Å².